The summed E-state index contributed by atoms with van der Waals surface area (Å²) < 4.78 is 10.8. The van der Waals surface area contributed by atoms with Gasteiger partial charge in [0.1, 0.15) is 5.75 Å². The molecule has 1 atom stereocenters. The molecule has 0 N–H and O–H groups in total. The van der Waals surface area contributed by atoms with Crippen LogP contribution in [0.5, 0.6) is 5.75 Å². The van der Waals surface area contributed by atoms with Crippen LogP contribution in [0.1, 0.15) is 46.1 Å². The first-order valence-corrected chi connectivity index (χ1v) is 6.96. The van der Waals surface area contributed by atoms with Gasteiger partial charge in [-0.05, 0) is 51.3 Å². The predicted octanol–water partition coefficient (Wildman–Crippen LogP) is 3.75. The van der Waals surface area contributed by atoms with Gasteiger partial charge in [-0.3, -0.25) is 4.79 Å². The minimum absolute atomic E-state index is 0.0428. The van der Waals surface area contributed by atoms with Crippen molar-refractivity contribution in [3.05, 3.63) is 29.8 Å². The van der Waals surface area contributed by atoms with Gasteiger partial charge in [-0.1, -0.05) is 19.1 Å². The summed E-state index contributed by atoms with van der Waals surface area (Å²) in [6.45, 7) is 7.87. The van der Waals surface area contributed by atoms with Crippen molar-refractivity contribution in [3.8, 4) is 5.75 Å². The third-order valence-corrected chi connectivity index (χ3v) is 2.82. The molecule has 0 aromatic heterocycles. The van der Waals surface area contributed by atoms with Crippen LogP contribution in [0.25, 0.3) is 0 Å². The molecule has 3 heteroatoms. The lowest BCUT2D eigenvalue weighted by atomic mass is 10.1. The maximum Gasteiger partial charge on any atom is 0.306 e. The van der Waals surface area contributed by atoms with E-state index >= 15 is 0 Å². The number of rotatable bonds is 7. The molecule has 1 rings (SSSR count). The fraction of sp³-hybridized carbons (Fsp3) is 0.562. The van der Waals surface area contributed by atoms with Crippen LogP contribution in [0.4, 0.5) is 0 Å². The summed E-state index contributed by atoms with van der Waals surface area (Å²) >= 11 is 0. The summed E-state index contributed by atoms with van der Waals surface area (Å²) in [5, 5.41) is 0. The molecule has 19 heavy (non-hydrogen) atoms. The Morgan fingerprint density at radius 2 is 1.79 bits per heavy atom. The van der Waals surface area contributed by atoms with Crippen molar-refractivity contribution in [1.29, 1.82) is 0 Å². The van der Waals surface area contributed by atoms with E-state index in [1.807, 2.05) is 38.1 Å². The number of carbonyl (C=O) groups is 1. The van der Waals surface area contributed by atoms with E-state index in [9.17, 15) is 4.79 Å². The average molecular weight is 264 g/mol. The Labute approximate surface area is 115 Å². The van der Waals surface area contributed by atoms with Gasteiger partial charge in [0, 0.05) is 6.42 Å². The van der Waals surface area contributed by atoms with Crippen molar-refractivity contribution >= 4 is 5.97 Å². The first kappa shape index (κ1) is 15.5. The minimum atomic E-state index is -0.144. The monoisotopic (exact) mass is 264 g/mol. The molecular formula is C16H24O3. The smallest absolute Gasteiger partial charge is 0.306 e. The van der Waals surface area contributed by atoms with Gasteiger partial charge in [-0.25, -0.2) is 0 Å². The SMILES string of the molecule is CCC(C)Oc1ccc(CCC(=O)OC(C)C)cc1. The molecule has 0 radical (unpaired) electrons. The number of carbonyl (C=O) groups excluding carboxylic acids is 1. The summed E-state index contributed by atoms with van der Waals surface area (Å²) in [5.74, 6) is 0.734. The van der Waals surface area contributed by atoms with Gasteiger partial charge in [-0.2, -0.15) is 0 Å². The molecule has 1 unspecified atom stereocenters. The van der Waals surface area contributed by atoms with Crippen molar-refractivity contribution in [2.24, 2.45) is 0 Å². The summed E-state index contributed by atoms with van der Waals surface area (Å²) in [4.78, 5) is 11.4. The molecule has 1 aromatic rings. The average Bonchev–Trinajstić information content (AvgIpc) is 2.37. The Bertz CT molecular complexity index is 381. The van der Waals surface area contributed by atoms with Crippen molar-refractivity contribution < 1.29 is 14.3 Å². The summed E-state index contributed by atoms with van der Waals surface area (Å²) in [6.07, 6.45) is 2.30. The van der Waals surface area contributed by atoms with Crippen LogP contribution < -0.4 is 4.74 Å². The number of aryl methyl sites for hydroxylation is 1. The number of hydrogen-bond acceptors (Lipinski definition) is 3. The van der Waals surface area contributed by atoms with Gasteiger partial charge < -0.3 is 9.47 Å². The van der Waals surface area contributed by atoms with Gasteiger partial charge in [0.2, 0.25) is 0 Å². The molecule has 0 spiro atoms. The second kappa shape index (κ2) is 7.82. The Kier molecular flexibility index (Phi) is 6.40. The molecule has 0 bridgehead atoms. The molecule has 0 saturated carbocycles. The highest BCUT2D eigenvalue weighted by atomic mass is 16.5. The van der Waals surface area contributed by atoms with Crippen molar-refractivity contribution in [1.82, 2.24) is 0 Å². The second-order valence-electron chi connectivity index (χ2n) is 5.02. The van der Waals surface area contributed by atoms with Crippen LogP contribution in [-0.4, -0.2) is 18.2 Å². The molecular weight excluding hydrogens is 240 g/mol. The van der Waals surface area contributed by atoms with Crippen LogP contribution in [0, 0.1) is 0 Å². The normalized spacial score (nSPS) is 12.3. The molecule has 0 amide bonds. The van der Waals surface area contributed by atoms with Gasteiger partial charge in [0.05, 0.1) is 12.2 Å². The van der Waals surface area contributed by atoms with E-state index in [-0.39, 0.29) is 18.2 Å². The zero-order chi connectivity index (χ0) is 14.3. The first-order chi connectivity index (χ1) is 9.01. The Balaban J connectivity index is 2.42. The summed E-state index contributed by atoms with van der Waals surface area (Å²) in [7, 11) is 0. The molecule has 1 aromatic carbocycles. The predicted molar refractivity (Wildman–Crippen MR) is 76.4 cm³/mol. The second-order valence-corrected chi connectivity index (χ2v) is 5.02. The molecule has 0 aliphatic carbocycles. The van der Waals surface area contributed by atoms with E-state index in [1.165, 1.54) is 0 Å². The van der Waals surface area contributed by atoms with Crippen molar-refractivity contribution in [2.45, 2.75) is 59.2 Å². The fourth-order valence-corrected chi connectivity index (χ4v) is 1.62. The van der Waals surface area contributed by atoms with E-state index in [2.05, 4.69) is 13.8 Å². The first-order valence-electron chi connectivity index (χ1n) is 6.96. The highest BCUT2D eigenvalue weighted by Gasteiger charge is 2.06. The number of esters is 1. The van der Waals surface area contributed by atoms with E-state index in [0.29, 0.717) is 12.8 Å². The van der Waals surface area contributed by atoms with E-state index in [0.717, 1.165) is 17.7 Å². The summed E-state index contributed by atoms with van der Waals surface area (Å²) in [6, 6.07) is 7.91. The van der Waals surface area contributed by atoms with Crippen LogP contribution in [0.15, 0.2) is 24.3 Å². The van der Waals surface area contributed by atoms with E-state index < -0.39 is 0 Å². The van der Waals surface area contributed by atoms with E-state index in [4.69, 9.17) is 9.47 Å². The zero-order valence-corrected chi connectivity index (χ0v) is 12.3. The molecule has 0 heterocycles. The van der Waals surface area contributed by atoms with Crippen LogP contribution in [-0.2, 0) is 16.0 Å². The third kappa shape index (κ3) is 6.27. The lowest BCUT2D eigenvalue weighted by molar-refractivity contribution is -0.147. The Hall–Kier alpha value is -1.51. The maximum absolute atomic E-state index is 11.4. The standard InChI is InChI=1S/C16H24O3/c1-5-13(4)19-15-9-6-14(7-10-15)8-11-16(17)18-12(2)3/h6-7,9-10,12-13H,5,8,11H2,1-4H3. The number of benzene rings is 1. The Morgan fingerprint density at radius 3 is 2.32 bits per heavy atom. The van der Waals surface area contributed by atoms with Crippen molar-refractivity contribution in [3.63, 3.8) is 0 Å². The van der Waals surface area contributed by atoms with Gasteiger partial charge in [0.25, 0.3) is 0 Å². The highest BCUT2D eigenvalue weighted by molar-refractivity contribution is 5.69. The van der Waals surface area contributed by atoms with Gasteiger partial charge in [0.15, 0.2) is 0 Å². The fourth-order valence-electron chi connectivity index (χ4n) is 1.62. The van der Waals surface area contributed by atoms with Crippen LogP contribution >= 0.6 is 0 Å². The topological polar surface area (TPSA) is 35.5 Å². The maximum atomic E-state index is 11.4. The van der Waals surface area contributed by atoms with Gasteiger partial charge in [-0.15, -0.1) is 0 Å². The molecule has 0 aliphatic heterocycles. The largest absolute Gasteiger partial charge is 0.491 e. The zero-order valence-electron chi connectivity index (χ0n) is 12.3. The number of ether oxygens (including phenoxy) is 2. The molecule has 3 nitrogen and oxygen atoms in total. The van der Waals surface area contributed by atoms with Crippen molar-refractivity contribution in [2.75, 3.05) is 0 Å². The van der Waals surface area contributed by atoms with Gasteiger partial charge >= 0.3 is 5.97 Å². The Morgan fingerprint density at radius 1 is 1.16 bits per heavy atom. The number of hydrogen-bond donors (Lipinski definition) is 0. The highest BCUT2D eigenvalue weighted by Crippen LogP contribution is 2.16. The molecule has 106 valence electrons. The third-order valence-electron chi connectivity index (χ3n) is 2.82. The molecule has 0 aliphatic rings. The van der Waals surface area contributed by atoms with Crippen LogP contribution in [0.3, 0.4) is 0 Å². The summed E-state index contributed by atoms with van der Waals surface area (Å²) in [5.41, 5.74) is 1.12. The lowest BCUT2D eigenvalue weighted by Crippen LogP contribution is -2.12. The molecule has 0 saturated heterocycles. The van der Waals surface area contributed by atoms with Crippen LogP contribution in [0.2, 0.25) is 0 Å². The minimum Gasteiger partial charge on any atom is -0.491 e. The quantitative estimate of drug-likeness (QED) is 0.704. The molecule has 0 fully saturated rings. The lowest BCUT2D eigenvalue weighted by Gasteiger charge is -2.12. The van der Waals surface area contributed by atoms with E-state index in [1.54, 1.807) is 0 Å².